The maximum absolute atomic E-state index is 3.80. The van der Waals surface area contributed by atoms with E-state index < -0.39 is 23.2 Å². The summed E-state index contributed by atoms with van der Waals surface area (Å²) in [6.07, 6.45) is 12.7. The number of fused-ring (bicyclic) bond motifs is 1. The minimum absolute atomic E-state index is 0. The first-order valence-electron chi connectivity index (χ1n) is 5.33. The summed E-state index contributed by atoms with van der Waals surface area (Å²) in [5.41, 5.74) is 2.92. The van der Waals surface area contributed by atoms with Crippen LogP contribution in [0.25, 0.3) is 0 Å². The Bertz CT molecular complexity index is 503. The molecule has 0 bridgehead atoms. The van der Waals surface area contributed by atoms with Crippen LogP contribution in [0.1, 0.15) is 13.3 Å². The van der Waals surface area contributed by atoms with E-state index in [0.717, 1.165) is 0 Å². The van der Waals surface area contributed by atoms with Crippen molar-refractivity contribution in [2.75, 3.05) is 0 Å². The molecular formula is C13H11BrCl2SZr. The second kappa shape index (κ2) is 7.13. The van der Waals surface area contributed by atoms with Crippen molar-refractivity contribution < 1.29 is 48.0 Å². The summed E-state index contributed by atoms with van der Waals surface area (Å²) < 4.78 is 4.78. The average molecular weight is 441 g/mol. The molecule has 0 aromatic carbocycles. The third kappa shape index (κ3) is 3.36. The van der Waals surface area contributed by atoms with E-state index in [1.807, 2.05) is 0 Å². The van der Waals surface area contributed by atoms with Crippen LogP contribution in [0.15, 0.2) is 51.9 Å². The number of allylic oxidation sites excluding steroid dienone is 7. The summed E-state index contributed by atoms with van der Waals surface area (Å²) in [6, 6.07) is 0. The number of halogens is 3. The quantitative estimate of drug-likeness (QED) is 0.502. The number of rotatable bonds is 2. The Morgan fingerprint density at radius 1 is 1.39 bits per heavy atom. The van der Waals surface area contributed by atoms with E-state index in [1.165, 1.54) is 22.0 Å². The molecule has 2 aliphatic carbocycles. The summed E-state index contributed by atoms with van der Waals surface area (Å²) in [5, 5.41) is 0.611. The topological polar surface area (TPSA) is 0 Å². The predicted molar refractivity (Wildman–Crippen MR) is 71.0 cm³/mol. The van der Waals surface area contributed by atoms with Gasteiger partial charge < -0.3 is 24.8 Å². The molecule has 0 nitrogen and oxygen atoms in total. The molecule has 0 aromatic rings. The van der Waals surface area contributed by atoms with Crippen LogP contribution in [-0.4, -0.2) is 5.25 Å². The Morgan fingerprint density at radius 2 is 2.17 bits per heavy atom. The van der Waals surface area contributed by atoms with Crippen molar-refractivity contribution >= 4 is 27.7 Å². The molecule has 0 aromatic heterocycles. The fourth-order valence-electron chi connectivity index (χ4n) is 2.07. The molecule has 3 rings (SSSR count). The zero-order chi connectivity index (χ0) is 11.1. The Balaban J connectivity index is 0.000000810. The molecule has 0 saturated carbocycles. The van der Waals surface area contributed by atoms with Gasteiger partial charge in [0, 0.05) is 0 Å². The van der Waals surface area contributed by atoms with Gasteiger partial charge in [-0.15, -0.1) is 0 Å². The first-order valence-corrected chi connectivity index (χ1v) is 9.46. The molecule has 1 heterocycles. The van der Waals surface area contributed by atoms with Crippen molar-refractivity contribution in [1.82, 2.24) is 0 Å². The fraction of sp³-hybridized carbons (Fsp3) is 0.231. The SMILES string of the molecule is CC1=CC2S[C]([Zr+2][C]3=CC=CC3)=C(Br)C2=C1.[Cl-].[Cl-]. The molecule has 5 heteroatoms. The van der Waals surface area contributed by atoms with Gasteiger partial charge >= 0.3 is 121 Å². The van der Waals surface area contributed by atoms with E-state index in [1.54, 1.807) is 5.89 Å². The van der Waals surface area contributed by atoms with Gasteiger partial charge in [0.2, 0.25) is 0 Å². The van der Waals surface area contributed by atoms with E-state index in [0.29, 0.717) is 5.25 Å². The van der Waals surface area contributed by atoms with Crippen LogP contribution >= 0.6 is 27.7 Å². The standard InChI is InChI=1S/C8H6BrS.C5H5.2ClH.Zr/c1-5-2-6-7(9)4-10-8(6)3-5;1-2-4-5-3-1;;;/h2-3,8H,1H3;1-3H,4H2;2*1H;/q;;;;+2/p-2. The third-order valence-electron chi connectivity index (χ3n) is 2.85. The smallest absolute Gasteiger partial charge is 1.00 e. The van der Waals surface area contributed by atoms with Crippen molar-refractivity contribution in [3.8, 4) is 0 Å². The molecule has 0 spiro atoms. The molecule has 0 N–H and O–H groups in total. The largest absolute Gasteiger partial charge is 1.00 e. The Morgan fingerprint density at radius 3 is 2.78 bits per heavy atom. The fourth-order valence-corrected chi connectivity index (χ4v) is 9.05. The molecule has 1 unspecified atom stereocenters. The van der Waals surface area contributed by atoms with Gasteiger partial charge in [-0.3, -0.25) is 0 Å². The summed E-state index contributed by atoms with van der Waals surface area (Å²) in [7, 11) is 0. The van der Waals surface area contributed by atoms with Crippen molar-refractivity contribution in [2.45, 2.75) is 18.6 Å². The van der Waals surface area contributed by atoms with Gasteiger partial charge in [-0.25, -0.2) is 0 Å². The molecule has 1 aliphatic heterocycles. The summed E-state index contributed by atoms with van der Waals surface area (Å²) in [4.78, 5) is 0. The van der Waals surface area contributed by atoms with Crippen molar-refractivity contribution in [3.63, 3.8) is 0 Å². The van der Waals surface area contributed by atoms with Crippen LogP contribution in [0.3, 0.4) is 0 Å². The first-order chi connectivity index (χ1) is 7.74. The van der Waals surface area contributed by atoms with Gasteiger partial charge in [0.25, 0.3) is 0 Å². The van der Waals surface area contributed by atoms with Crippen LogP contribution in [0, 0.1) is 0 Å². The summed E-state index contributed by atoms with van der Waals surface area (Å²) in [5.74, 6) is 0. The van der Waals surface area contributed by atoms with Crippen LogP contribution in [0.4, 0.5) is 0 Å². The molecule has 0 fully saturated rings. The van der Waals surface area contributed by atoms with Crippen molar-refractivity contribution in [1.29, 1.82) is 0 Å². The minimum atomic E-state index is -0.512. The molecule has 0 saturated heterocycles. The molecular weight excluding hydrogens is 430 g/mol. The zero-order valence-electron chi connectivity index (χ0n) is 9.71. The normalized spacial score (nSPS) is 23.7. The second-order valence-electron chi connectivity index (χ2n) is 4.14. The summed E-state index contributed by atoms with van der Waals surface area (Å²) >= 11 is 5.36. The van der Waals surface area contributed by atoms with Gasteiger partial charge in [-0.05, 0) is 0 Å². The molecule has 0 radical (unpaired) electrons. The van der Waals surface area contributed by atoms with E-state index in [9.17, 15) is 0 Å². The number of hydrogen-bond acceptors (Lipinski definition) is 1. The van der Waals surface area contributed by atoms with E-state index in [-0.39, 0.29) is 24.8 Å². The first kappa shape index (κ1) is 17.0. The predicted octanol–water partition coefficient (Wildman–Crippen LogP) is -1.51. The van der Waals surface area contributed by atoms with E-state index in [2.05, 4.69) is 65.0 Å². The number of thioether (sulfide) groups is 1. The average Bonchev–Trinajstić information content (AvgIpc) is 2.90. The van der Waals surface area contributed by atoms with Gasteiger partial charge in [0.05, 0.1) is 0 Å². The van der Waals surface area contributed by atoms with E-state index in [4.69, 9.17) is 0 Å². The molecule has 94 valence electrons. The minimum Gasteiger partial charge on any atom is -1.00 e. The van der Waals surface area contributed by atoms with Crippen LogP contribution in [-0.2, 0) is 23.2 Å². The van der Waals surface area contributed by atoms with Crippen LogP contribution in [0.2, 0.25) is 0 Å². The van der Waals surface area contributed by atoms with Crippen molar-refractivity contribution in [3.05, 3.63) is 51.9 Å². The van der Waals surface area contributed by atoms with E-state index >= 15 is 0 Å². The van der Waals surface area contributed by atoms with Crippen LogP contribution in [0.5, 0.6) is 0 Å². The van der Waals surface area contributed by atoms with Gasteiger partial charge in [-0.2, -0.15) is 0 Å². The van der Waals surface area contributed by atoms with Crippen molar-refractivity contribution in [2.24, 2.45) is 0 Å². The maximum Gasteiger partial charge on any atom is -1.00 e. The van der Waals surface area contributed by atoms with Crippen LogP contribution < -0.4 is 24.8 Å². The second-order valence-corrected chi connectivity index (χ2v) is 10.4. The Labute approximate surface area is 145 Å². The molecule has 18 heavy (non-hydrogen) atoms. The third-order valence-corrected chi connectivity index (χ3v) is 10.3. The molecule has 3 aliphatic rings. The Kier molecular flexibility index (Phi) is 6.75. The maximum atomic E-state index is 3.80. The zero-order valence-corrected chi connectivity index (χ0v) is 16.1. The molecule has 0 amide bonds. The van der Waals surface area contributed by atoms with Gasteiger partial charge in [0.15, 0.2) is 0 Å². The summed E-state index contributed by atoms with van der Waals surface area (Å²) in [6.45, 7) is 2.19. The monoisotopic (exact) mass is 438 g/mol. The Hall–Kier alpha value is 0.993. The van der Waals surface area contributed by atoms with Gasteiger partial charge in [-0.1, -0.05) is 0 Å². The number of hydrogen-bond donors (Lipinski definition) is 0. The van der Waals surface area contributed by atoms with Gasteiger partial charge in [0.1, 0.15) is 0 Å². The molecule has 1 atom stereocenters.